The Morgan fingerprint density at radius 3 is 3.17 bits per heavy atom. The summed E-state index contributed by atoms with van der Waals surface area (Å²) in [6.45, 7) is 2.99. The molecule has 1 nitrogen and oxygen atoms in total. The molecule has 1 atom stereocenters. The number of thioether (sulfide) groups is 1. The van der Waals surface area contributed by atoms with Crippen LogP contribution >= 0.6 is 23.4 Å². The highest BCUT2D eigenvalue weighted by Crippen LogP contribution is 2.16. The third-order valence-electron chi connectivity index (χ3n) is 2.02. The van der Waals surface area contributed by atoms with Gasteiger partial charge in [0.2, 0.25) is 0 Å². The molecule has 0 radical (unpaired) electrons. The van der Waals surface area contributed by atoms with Gasteiger partial charge in [-0.3, -0.25) is 0 Å². The second-order valence-corrected chi connectivity index (χ2v) is 4.62. The molecule has 0 aromatic rings. The molecule has 0 bridgehead atoms. The molecule has 0 aliphatic carbocycles. The molecule has 1 rings (SSSR count). The van der Waals surface area contributed by atoms with E-state index in [0.29, 0.717) is 6.04 Å². The first kappa shape index (κ1) is 10.4. The first-order valence-electron chi connectivity index (χ1n) is 4.40. The van der Waals surface area contributed by atoms with Gasteiger partial charge in [0.15, 0.2) is 0 Å². The predicted molar refractivity (Wildman–Crippen MR) is 58.0 cm³/mol. The van der Waals surface area contributed by atoms with Crippen molar-refractivity contribution in [3.63, 3.8) is 0 Å². The van der Waals surface area contributed by atoms with Crippen LogP contribution in [-0.2, 0) is 0 Å². The Kier molecular flexibility index (Phi) is 5.12. The largest absolute Gasteiger partial charge is 0.309 e. The predicted octanol–water partition coefficient (Wildman–Crippen LogP) is 2.61. The van der Waals surface area contributed by atoms with E-state index >= 15 is 0 Å². The van der Waals surface area contributed by atoms with Gasteiger partial charge >= 0.3 is 0 Å². The van der Waals surface area contributed by atoms with Crippen molar-refractivity contribution >= 4 is 23.4 Å². The lowest BCUT2D eigenvalue weighted by molar-refractivity contribution is 0.529. The lowest BCUT2D eigenvalue weighted by Crippen LogP contribution is -2.34. The maximum atomic E-state index is 5.56. The molecule has 0 amide bonds. The van der Waals surface area contributed by atoms with Gasteiger partial charge in [0.1, 0.15) is 0 Å². The average molecular weight is 206 g/mol. The Bertz CT molecular complexity index is 153. The minimum atomic E-state index is 0.704. The molecular weight excluding hydrogens is 190 g/mol. The molecule has 1 saturated heterocycles. The second kappa shape index (κ2) is 5.90. The molecule has 0 spiro atoms. The van der Waals surface area contributed by atoms with Crippen molar-refractivity contribution in [3.8, 4) is 0 Å². The number of hydrogen-bond acceptors (Lipinski definition) is 2. The Morgan fingerprint density at radius 2 is 2.58 bits per heavy atom. The van der Waals surface area contributed by atoms with Gasteiger partial charge in [-0.05, 0) is 31.1 Å². The summed E-state index contributed by atoms with van der Waals surface area (Å²) in [4.78, 5) is 0. The SMILES string of the molecule is C/C(=C\Cl)CNC1CCCSC1. The van der Waals surface area contributed by atoms with E-state index in [9.17, 15) is 0 Å². The van der Waals surface area contributed by atoms with Gasteiger partial charge in [0, 0.05) is 23.9 Å². The zero-order chi connectivity index (χ0) is 8.81. The van der Waals surface area contributed by atoms with Crippen LogP contribution in [0.2, 0.25) is 0 Å². The fourth-order valence-electron chi connectivity index (χ4n) is 1.25. The highest BCUT2D eigenvalue weighted by Gasteiger charge is 2.12. The van der Waals surface area contributed by atoms with Crippen molar-refractivity contribution in [2.75, 3.05) is 18.1 Å². The summed E-state index contributed by atoms with van der Waals surface area (Å²) in [6, 6.07) is 0.704. The molecule has 70 valence electrons. The Labute approximate surface area is 83.9 Å². The third kappa shape index (κ3) is 3.83. The monoisotopic (exact) mass is 205 g/mol. The highest BCUT2D eigenvalue weighted by atomic mass is 35.5. The third-order valence-corrected chi connectivity index (χ3v) is 3.60. The molecule has 1 aliphatic rings. The van der Waals surface area contributed by atoms with Gasteiger partial charge in [0.05, 0.1) is 0 Å². The van der Waals surface area contributed by atoms with Crippen LogP contribution in [0.1, 0.15) is 19.8 Å². The Morgan fingerprint density at radius 1 is 1.75 bits per heavy atom. The molecule has 0 saturated carbocycles. The van der Waals surface area contributed by atoms with E-state index in [4.69, 9.17) is 11.6 Å². The number of rotatable bonds is 3. The van der Waals surface area contributed by atoms with Crippen molar-refractivity contribution in [2.45, 2.75) is 25.8 Å². The first-order valence-corrected chi connectivity index (χ1v) is 5.99. The summed E-state index contributed by atoms with van der Waals surface area (Å²) in [6.07, 6.45) is 2.68. The summed E-state index contributed by atoms with van der Waals surface area (Å²) in [7, 11) is 0. The molecule has 1 aliphatic heterocycles. The quantitative estimate of drug-likeness (QED) is 0.761. The van der Waals surface area contributed by atoms with E-state index in [1.54, 1.807) is 5.54 Å². The minimum Gasteiger partial charge on any atom is -0.309 e. The first-order chi connectivity index (χ1) is 5.83. The molecule has 0 aromatic heterocycles. The summed E-state index contributed by atoms with van der Waals surface area (Å²) in [5.74, 6) is 2.60. The van der Waals surface area contributed by atoms with Crippen LogP contribution in [0.5, 0.6) is 0 Å². The summed E-state index contributed by atoms with van der Waals surface area (Å²) in [5, 5.41) is 3.50. The van der Waals surface area contributed by atoms with Crippen LogP contribution in [0.15, 0.2) is 11.1 Å². The zero-order valence-electron chi connectivity index (χ0n) is 7.48. The van der Waals surface area contributed by atoms with E-state index in [2.05, 4.69) is 12.2 Å². The van der Waals surface area contributed by atoms with E-state index in [0.717, 1.165) is 6.54 Å². The molecule has 12 heavy (non-hydrogen) atoms. The zero-order valence-corrected chi connectivity index (χ0v) is 9.05. The Hall–Kier alpha value is 0.340. The highest BCUT2D eigenvalue weighted by molar-refractivity contribution is 7.99. The molecule has 0 aromatic carbocycles. The van der Waals surface area contributed by atoms with Crippen molar-refractivity contribution in [2.24, 2.45) is 0 Å². The van der Waals surface area contributed by atoms with E-state index in [1.807, 2.05) is 11.8 Å². The molecule has 1 N–H and O–H groups in total. The maximum absolute atomic E-state index is 5.56. The van der Waals surface area contributed by atoms with E-state index in [-0.39, 0.29) is 0 Å². The maximum Gasteiger partial charge on any atom is 0.0176 e. The molecule has 1 fully saturated rings. The van der Waals surface area contributed by atoms with Crippen LogP contribution in [-0.4, -0.2) is 24.1 Å². The van der Waals surface area contributed by atoms with Gasteiger partial charge in [-0.2, -0.15) is 11.8 Å². The van der Waals surface area contributed by atoms with Gasteiger partial charge < -0.3 is 5.32 Å². The average Bonchev–Trinajstić information content (AvgIpc) is 2.16. The fourth-order valence-corrected chi connectivity index (χ4v) is 2.43. The second-order valence-electron chi connectivity index (χ2n) is 3.25. The van der Waals surface area contributed by atoms with Gasteiger partial charge in [0.25, 0.3) is 0 Å². The lowest BCUT2D eigenvalue weighted by Gasteiger charge is -2.22. The molecule has 3 heteroatoms. The minimum absolute atomic E-state index is 0.704. The summed E-state index contributed by atoms with van der Waals surface area (Å²) >= 11 is 7.61. The molecule has 1 unspecified atom stereocenters. The van der Waals surface area contributed by atoms with Gasteiger partial charge in [-0.25, -0.2) is 0 Å². The summed E-state index contributed by atoms with van der Waals surface area (Å²) in [5.41, 5.74) is 2.87. The van der Waals surface area contributed by atoms with Crippen LogP contribution in [0.3, 0.4) is 0 Å². The number of hydrogen-bond donors (Lipinski definition) is 1. The molecule has 1 heterocycles. The summed E-state index contributed by atoms with van der Waals surface area (Å²) < 4.78 is 0. The van der Waals surface area contributed by atoms with Crippen molar-refractivity contribution in [3.05, 3.63) is 11.1 Å². The van der Waals surface area contributed by atoms with Crippen LogP contribution < -0.4 is 5.32 Å². The van der Waals surface area contributed by atoms with Crippen molar-refractivity contribution < 1.29 is 0 Å². The lowest BCUT2D eigenvalue weighted by atomic mass is 10.2. The fraction of sp³-hybridized carbons (Fsp3) is 0.778. The normalized spacial score (nSPS) is 25.8. The van der Waals surface area contributed by atoms with Crippen LogP contribution in [0.25, 0.3) is 0 Å². The van der Waals surface area contributed by atoms with Crippen LogP contribution in [0.4, 0.5) is 0 Å². The van der Waals surface area contributed by atoms with Gasteiger partial charge in [-0.15, -0.1) is 0 Å². The smallest absolute Gasteiger partial charge is 0.0176 e. The van der Waals surface area contributed by atoms with Crippen molar-refractivity contribution in [1.29, 1.82) is 0 Å². The Balaban J connectivity index is 2.13. The van der Waals surface area contributed by atoms with E-state index < -0.39 is 0 Å². The topological polar surface area (TPSA) is 12.0 Å². The number of nitrogens with one attached hydrogen (secondary N) is 1. The molecular formula is C9H16ClNS. The van der Waals surface area contributed by atoms with Crippen LogP contribution in [0, 0.1) is 0 Å². The standard InChI is InChI=1S/C9H16ClNS/c1-8(5-10)6-11-9-3-2-4-12-7-9/h5,9,11H,2-4,6-7H2,1H3/b8-5+. The van der Waals surface area contributed by atoms with Crippen molar-refractivity contribution in [1.82, 2.24) is 5.32 Å². The van der Waals surface area contributed by atoms with E-state index in [1.165, 1.54) is 29.9 Å². The number of halogens is 1. The van der Waals surface area contributed by atoms with Gasteiger partial charge in [-0.1, -0.05) is 11.6 Å².